The molecule has 7 heteroatoms. The van der Waals surface area contributed by atoms with Crippen molar-refractivity contribution in [2.24, 2.45) is 52.3 Å². The first kappa shape index (κ1) is 31.2. The zero-order valence-corrected chi connectivity index (χ0v) is 25.7. The highest BCUT2D eigenvalue weighted by atomic mass is 16.7. The summed E-state index contributed by atoms with van der Waals surface area (Å²) < 4.78 is 33.7. The first-order valence-electron chi connectivity index (χ1n) is 15.6. The Balaban J connectivity index is 1.56. The van der Waals surface area contributed by atoms with Gasteiger partial charge in [-0.3, -0.25) is 4.79 Å². The standard InChI is InChI=1S/C32H56O7/c1-8-23-27-17-22(37-18-34-5)13-15-32(27,4)26-14-16-31(3)24(21(2)9-12-28(33)38-19-35-6)10-11-25(31)29(26)30(23)39-20-36-7/h21-27,29-30H,8-20H2,1-7H3/t21-,22-,23-,24-,25?,26?,27+,29?,30-,31-,32-/m1/s1. The van der Waals surface area contributed by atoms with Gasteiger partial charge in [-0.05, 0) is 104 Å². The molecule has 39 heavy (non-hydrogen) atoms. The molecular weight excluding hydrogens is 496 g/mol. The van der Waals surface area contributed by atoms with E-state index < -0.39 is 0 Å². The molecule has 7 nitrogen and oxygen atoms in total. The van der Waals surface area contributed by atoms with Crippen LogP contribution in [0.4, 0.5) is 0 Å². The molecule has 0 aromatic heterocycles. The Labute approximate surface area is 237 Å². The molecule has 0 aromatic rings. The van der Waals surface area contributed by atoms with E-state index in [1.165, 1.54) is 32.1 Å². The monoisotopic (exact) mass is 552 g/mol. The summed E-state index contributed by atoms with van der Waals surface area (Å²) in [4.78, 5) is 12.2. The van der Waals surface area contributed by atoms with Crippen molar-refractivity contribution in [2.45, 2.75) is 104 Å². The van der Waals surface area contributed by atoms with Gasteiger partial charge in [0.25, 0.3) is 0 Å². The molecule has 226 valence electrons. The molecule has 4 aliphatic rings. The number of fused-ring (bicyclic) bond motifs is 5. The van der Waals surface area contributed by atoms with Crippen LogP contribution in [0, 0.1) is 52.3 Å². The van der Waals surface area contributed by atoms with E-state index >= 15 is 0 Å². The molecular formula is C32H56O7. The lowest BCUT2D eigenvalue weighted by Gasteiger charge is -2.65. The van der Waals surface area contributed by atoms with E-state index in [0.29, 0.717) is 66.8 Å². The van der Waals surface area contributed by atoms with Gasteiger partial charge >= 0.3 is 5.97 Å². The van der Waals surface area contributed by atoms with Crippen molar-refractivity contribution in [2.75, 3.05) is 41.7 Å². The van der Waals surface area contributed by atoms with Crippen LogP contribution in [0.3, 0.4) is 0 Å². The molecule has 0 saturated heterocycles. The van der Waals surface area contributed by atoms with E-state index in [1.807, 2.05) is 0 Å². The van der Waals surface area contributed by atoms with Crippen LogP contribution < -0.4 is 0 Å². The van der Waals surface area contributed by atoms with Crippen molar-refractivity contribution in [3.8, 4) is 0 Å². The van der Waals surface area contributed by atoms with Crippen LogP contribution in [0.2, 0.25) is 0 Å². The van der Waals surface area contributed by atoms with Crippen LogP contribution >= 0.6 is 0 Å². The number of hydrogen-bond donors (Lipinski definition) is 0. The number of carbonyl (C=O) groups is 1. The molecule has 0 heterocycles. The minimum absolute atomic E-state index is 0.0416. The Kier molecular flexibility index (Phi) is 10.8. The zero-order valence-electron chi connectivity index (χ0n) is 25.7. The summed E-state index contributed by atoms with van der Waals surface area (Å²) in [6.07, 6.45) is 11.5. The second-order valence-corrected chi connectivity index (χ2v) is 13.6. The van der Waals surface area contributed by atoms with Gasteiger partial charge in [-0.15, -0.1) is 0 Å². The van der Waals surface area contributed by atoms with Crippen molar-refractivity contribution < 1.29 is 33.2 Å². The van der Waals surface area contributed by atoms with Crippen LogP contribution in [0.5, 0.6) is 0 Å². The molecule has 0 N–H and O–H groups in total. The lowest BCUT2D eigenvalue weighted by atomic mass is 9.41. The third-order valence-corrected chi connectivity index (χ3v) is 12.0. The van der Waals surface area contributed by atoms with Crippen molar-refractivity contribution in [1.29, 1.82) is 0 Å². The Morgan fingerprint density at radius 3 is 2.21 bits per heavy atom. The van der Waals surface area contributed by atoms with Gasteiger partial charge in [0.15, 0.2) is 6.79 Å². The van der Waals surface area contributed by atoms with Gasteiger partial charge in [-0.2, -0.15) is 0 Å². The molecule has 0 spiro atoms. The fourth-order valence-electron chi connectivity index (χ4n) is 10.3. The molecule has 4 aliphatic carbocycles. The van der Waals surface area contributed by atoms with Gasteiger partial charge in [-0.25, -0.2) is 0 Å². The van der Waals surface area contributed by atoms with Gasteiger partial charge < -0.3 is 28.4 Å². The third kappa shape index (κ3) is 6.09. The summed E-state index contributed by atoms with van der Waals surface area (Å²) in [5, 5.41) is 0. The van der Waals surface area contributed by atoms with Gasteiger partial charge in [-0.1, -0.05) is 34.1 Å². The smallest absolute Gasteiger partial charge is 0.307 e. The maximum absolute atomic E-state index is 12.2. The van der Waals surface area contributed by atoms with Crippen molar-refractivity contribution in [3.05, 3.63) is 0 Å². The van der Waals surface area contributed by atoms with E-state index in [1.54, 1.807) is 21.3 Å². The number of hydrogen-bond acceptors (Lipinski definition) is 7. The average molecular weight is 553 g/mol. The summed E-state index contributed by atoms with van der Waals surface area (Å²) in [7, 11) is 5.01. The summed E-state index contributed by atoms with van der Waals surface area (Å²) in [5.41, 5.74) is 0.604. The van der Waals surface area contributed by atoms with Crippen molar-refractivity contribution in [1.82, 2.24) is 0 Å². The highest BCUT2D eigenvalue weighted by Crippen LogP contribution is 2.70. The molecule has 4 saturated carbocycles. The lowest BCUT2D eigenvalue weighted by molar-refractivity contribution is -0.239. The molecule has 0 radical (unpaired) electrons. The number of esters is 1. The Morgan fingerprint density at radius 1 is 0.846 bits per heavy atom. The van der Waals surface area contributed by atoms with Gasteiger partial charge in [0, 0.05) is 27.8 Å². The van der Waals surface area contributed by atoms with E-state index in [2.05, 4.69) is 27.7 Å². The summed E-state index contributed by atoms with van der Waals surface area (Å²) in [6.45, 7) is 10.7. The van der Waals surface area contributed by atoms with E-state index in [9.17, 15) is 4.79 Å². The maximum Gasteiger partial charge on any atom is 0.307 e. The predicted molar refractivity (Wildman–Crippen MR) is 150 cm³/mol. The minimum atomic E-state index is -0.151. The average Bonchev–Trinajstić information content (AvgIpc) is 3.29. The molecule has 4 rings (SSSR count). The number of ether oxygens (including phenoxy) is 6. The normalized spacial score (nSPS) is 42.3. The quantitative estimate of drug-likeness (QED) is 0.192. The maximum atomic E-state index is 12.2. The molecule has 4 fully saturated rings. The van der Waals surface area contributed by atoms with Crippen LogP contribution in [0.15, 0.2) is 0 Å². The summed E-state index contributed by atoms with van der Waals surface area (Å²) >= 11 is 0. The minimum Gasteiger partial charge on any atom is -0.438 e. The van der Waals surface area contributed by atoms with E-state index in [0.717, 1.165) is 25.7 Å². The predicted octanol–water partition coefficient (Wildman–Crippen LogP) is 6.43. The van der Waals surface area contributed by atoms with Crippen LogP contribution in [0.1, 0.15) is 91.9 Å². The summed E-state index contributed by atoms with van der Waals surface area (Å²) in [6, 6.07) is 0. The number of methoxy groups -OCH3 is 3. The fourth-order valence-corrected chi connectivity index (χ4v) is 10.3. The van der Waals surface area contributed by atoms with Crippen molar-refractivity contribution in [3.63, 3.8) is 0 Å². The number of rotatable bonds is 13. The molecule has 0 amide bonds. The van der Waals surface area contributed by atoms with Gasteiger partial charge in [0.2, 0.25) is 0 Å². The second kappa shape index (κ2) is 13.5. The topological polar surface area (TPSA) is 72.5 Å². The number of carbonyl (C=O) groups excluding carboxylic acids is 1. The van der Waals surface area contributed by atoms with E-state index in [-0.39, 0.29) is 30.4 Å². The highest BCUT2D eigenvalue weighted by molar-refractivity contribution is 5.69. The first-order chi connectivity index (χ1) is 18.7. The van der Waals surface area contributed by atoms with Gasteiger partial charge in [0.05, 0.1) is 12.2 Å². The molecule has 0 bridgehead atoms. The largest absolute Gasteiger partial charge is 0.438 e. The second-order valence-electron chi connectivity index (χ2n) is 13.6. The Bertz CT molecular complexity index is 790. The summed E-state index contributed by atoms with van der Waals surface area (Å²) in [5.74, 6) is 3.96. The van der Waals surface area contributed by atoms with Crippen molar-refractivity contribution >= 4 is 5.97 Å². The fraction of sp³-hybridized carbons (Fsp3) is 0.969. The lowest BCUT2D eigenvalue weighted by Crippen LogP contribution is -2.63. The van der Waals surface area contributed by atoms with Crippen LogP contribution in [-0.4, -0.2) is 59.9 Å². The van der Waals surface area contributed by atoms with Crippen LogP contribution in [-0.2, 0) is 33.2 Å². The highest BCUT2D eigenvalue weighted by Gasteiger charge is 2.65. The first-order valence-corrected chi connectivity index (χ1v) is 15.6. The Hall–Kier alpha value is -0.730. The molecule has 0 aliphatic heterocycles. The van der Waals surface area contributed by atoms with Crippen LogP contribution in [0.25, 0.3) is 0 Å². The molecule has 0 aromatic carbocycles. The van der Waals surface area contributed by atoms with E-state index in [4.69, 9.17) is 28.4 Å². The van der Waals surface area contributed by atoms with Gasteiger partial charge in [0.1, 0.15) is 13.6 Å². The third-order valence-electron chi connectivity index (χ3n) is 12.0. The SMILES string of the molecule is CC[C@H]1[C@@H](OCOC)C2C3CC[C@H]([C@H](C)CCC(=O)OCOC)[C@@]3(C)CCC2[C@@]2(C)CC[C@@H](OCOC)C[C@@H]12. The Morgan fingerprint density at radius 2 is 1.51 bits per heavy atom. The molecule has 3 unspecified atom stereocenters. The zero-order chi connectivity index (χ0) is 28.2. The molecule has 11 atom stereocenters.